The smallest absolute Gasteiger partial charge is 0.122 e. The maximum Gasteiger partial charge on any atom is 0.122 e. The predicted molar refractivity (Wildman–Crippen MR) is 84.3 cm³/mol. The molecule has 20 heavy (non-hydrogen) atoms. The average molecular weight is 276 g/mol. The van der Waals surface area contributed by atoms with Gasteiger partial charge in [0.15, 0.2) is 0 Å². The fourth-order valence-corrected chi connectivity index (χ4v) is 2.93. The number of aryl methyl sites for hydroxylation is 2. The maximum absolute atomic E-state index is 5.92. The summed E-state index contributed by atoms with van der Waals surface area (Å²) >= 11 is 0. The summed E-state index contributed by atoms with van der Waals surface area (Å²) in [4.78, 5) is 2.54. The number of hydrogen-bond acceptors (Lipinski definition) is 3. The quantitative estimate of drug-likeness (QED) is 0.812. The molecule has 1 aliphatic heterocycles. The molecule has 1 unspecified atom stereocenters. The number of piperidine rings is 1. The van der Waals surface area contributed by atoms with Crippen molar-refractivity contribution in [3.05, 3.63) is 29.3 Å². The zero-order valence-corrected chi connectivity index (χ0v) is 12.9. The summed E-state index contributed by atoms with van der Waals surface area (Å²) in [6.45, 7) is 8.09. The van der Waals surface area contributed by atoms with Crippen LogP contribution in [0.4, 0.5) is 0 Å². The monoisotopic (exact) mass is 276 g/mol. The molecule has 0 amide bonds. The van der Waals surface area contributed by atoms with Crippen molar-refractivity contribution in [2.45, 2.75) is 45.6 Å². The van der Waals surface area contributed by atoms with Gasteiger partial charge >= 0.3 is 0 Å². The van der Waals surface area contributed by atoms with Gasteiger partial charge in [-0.1, -0.05) is 18.6 Å². The second-order valence-corrected chi connectivity index (χ2v) is 5.89. The van der Waals surface area contributed by atoms with Crippen molar-refractivity contribution in [1.29, 1.82) is 0 Å². The zero-order chi connectivity index (χ0) is 14.4. The van der Waals surface area contributed by atoms with Gasteiger partial charge in [-0.15, -0.1) is 0 Å². The maximum atomic E-state index is 5.92. The highest BCUT2D eigenvalue weighted by Gasteiger charge is 2.20. The summed E-state index contributed by atoms with van der Waals surface area (Å²) in [6, 6.07) is 6.96. The van der Waals surface area contributed by atoms with E-state index in [1.165, 1.54) is 36.9 Å². The van der Waals surface area contributed by atoms with Gasteiger partial charge in [-0.3, -0.25) is 4.90 Å². The van der Waals surface area contributed by atoms with Crippen LogP contribution < -0.4 is 10.5 Å². The molecule has 1 saturated heterocycles. The van der Waals surface area contributed by atoms with Gasteiger partial charge in [0.25, 0.3) is 0 Å². The summed E-state index contributed by atoms with van der Waals surface area (Å²) < 4.78 is 5.92. The summed E-state index contributed by atoms with van der Waals surface area (Å²) in [6.07, 6.45) is 4.98. The van der Waals surface area contributed by atoms with E-state index in [-0.39, 0.29) is 0 Å². The lowest BCUT2D eigenvalue weighted by molar-refractivity contribution is 0.141. The molecule has 1 aromatic carbocycles. The van der Waals surface area contributed by atoms with E-state index in [4.69, 9.17) is 10.5 Å². The molecule has 0 radical (unpaired) electrons. The lowest BCUT2D eigenvalue weighted by Gasteiger charge is -2.34. The van der Waals surface area contributed by atoms with E-state index in [0.717, 1.165) is 31.9 Å². The molecule has 2 N–H and O–H groups in total. The fraction of sp³-hybridized carbons (Fsp3) is 0.647. The van der Waals surface area contributed by atoms with Crippen LogP contribution in [0.2, 0.25) is 0 Å². The van der Waals surface area contributed by atoms with Gasteiger partial charge < -0.3 is 10.5 Å². The summed E-state index contributed by atoms with van der Waals surface area (Å²) in [7, 11) is 0. The largest absolute Gasteiger partial charge is 0.493 e. The zero-order valence-electron chi connectivity index (χ0n) is 12.9. The highest BCUT2D eigenvalue weighted by Crippen LogP contribution is 2.20. The molecule has 1 atom stereocenters. The normalized spacial score (nSPS) is 20.1. The van der Waals surface area contributed by atoms with Crippen molar-refractivity contribution in [3.8, 4) is 5.75 Å². The first kappa shape index (κ1) is 15.3. The number of nitrogens with two attached hydrogens (primary N) is 1. The Hall–Kier alpha value is -1.06. The number of benzene rings is 1. The number of nitrogens with zero attached hydrogens (tertiary/aromatic N) is 1. The number of likely N-dealkylation sites (tertiary alicyclic amines) is 1. The Morgan fingerprint density at radius 1 is 1.30 bits per heavy atom. The Kier molecular flexibility index (Phi) is 5.86. The summed E-state index contributed by atoms with van der Waals surface area (Å²) in [5.41, 5.74) is 8.32. The van der Waals surface area contributed by atoms with Gasteiger partial charge in [-0.25, -0.2) is 0 Å². The first-order valence-electron chi connectivity index (χ1n) is 7.85. The minimum Gasteiger partial charge on any atom is -0.493 e. The lowest BCUT2D eigenvalue weighted by atomic mass is 10.0. The van der Waals surface area contributed by atoms with Crippen LogP contribution in [0.1, 0.15) is 36.8 Å². The minimum atomic E-state index is 0.587. The molecule has 0 saturated carbocycles. The lowest BCUT2D eigenvalue weighted by Crippen LogP contribution is -2.44. The van der Waals surface area contributed by atoms with Crippen molar-refractivity contribution in [3.63, 3.8) is 0 Å². The third-order valence-electron chi connectivity index (χ3n) is 4.21. The molecular weight excluding hydrogens is 248 g/mol. The average Bonchev–Trinajstić information content (AvgIpc) is 2.47. The SMILES string of the molecule is Cc1ccc(C)c(OCCCN2CCCCC2CN)c1. The van der Waals surface area contributed by atoms with E-state index in [9.17, 15) is 0 Å². The van der Waals surface area contributed by atoms with Gasteiger partial charge in [0.2, 0.25) is 0 Å². The van der Waals surface area contributed by atoms with Crippen molar-refractivity contribution in [1.82, 2.24) is 4.90 Å². The standard InChI is InChI=1S/C17H28N2O/c1-14-7-8-15(2)17(12-14)20-11-5-10-19-9-4-3-6-16(19)13-18/h7-8,12,16H,3-6,9-11,13,18H2,1-2H3. The number of ether oxygens (including phenoxy) is 1. The molecule has 0 bridgehead atoms. The molecule has 0 aromatic heterocycles. The van der Waals surface area contributed by atoms with Gasteiger partial charge in [-0.2, -0.15) is 0 Å². The van der Waals surface area contributed by atoms with Crippen LogP contribution in [0.15, 0.2) is 18.2 Å². The summed E-state index contributed by atoms with van der Waals surface area (Å²) in [5, 5.41) is 0. The fourth-order valence-electron chi connectivity index (χ4n) is 2.93. The molecule has 2 rings (SSSR count). The number of rotatable bonds is 6. The van der Waals surface area contributed by atoms with Crippen molar-refractivity contribution in [2.24, 2.45) is 5.73 Å². The Balaban J connectivity index is 1.74. The van der Waals surface area contributed by atoms with Crippen LogP contribution >= 0.6 is 0 Å². The molecular formula is C17H28N2O. The minimum absolute atomic E-state index is 0.587. The highest BCUT2D eigenvalue weighted by atomic mass is 16.5. The Morgan fingerprint density at radius 3 is 2.95 bits per heavy atom. The van der Waals surface area contributed by atoms with Crippen molar-refractivity contribution >= 4 is 0 Å². The highest BCUT2D eigenvalue weighted by molar-refractivity contribution is 5.35. The van der Waals surface area contributed by atoms with E-state index in [0.29, 0.717) is 6.04 Å². The van der Waals surface area contributed by atoms with Crippen LogP contribution in [-0.4, -0.2) is 37.2 Å². The number of hydrogen-bond donors (Lipinski definition) is 1. The summed E-state index contributed by atoms with van der Waals surface area (Å²) in [5.74, 6) is 1.03. The molecule has 3 heteroatoms. The van der Waals surface area contributed by atoms with Crippen LogP contribution in [-0.2, 0) is 0 Å². The van der Waals surface area contributed by atoms with E-state index >= 15 is 0 Å². The Morgan fingerprint density at radius 2 is 2.15 bits per heavy atom. The van der Waals surface area contributed by atoms with E-state index in [1.54, 1.807) is 0 Å². The predicted octanol–water partition coefficient (Wildman–Crippen LogP) is 2.89. The van der Waals surface area contributed by atoms with Gasteiger partial charge in [0.05, 0.1) is 6.61 Å². The van der Waals surface area contributed by atoms with E-state index in [1.807, 2.05) is 0 Å². The van der Waals surface area contributed by atoms with Crippen LogP contribution in [0.3, 0.4) is 0 Å². The van der Waals surface area contributed by atoms with Crippen molar-refractivity contribution in [2.75, 3.05) is 26.2 Å². The van der Waals surface area contributed by atoms with Crippen LogP contribution in [0.5, 0.6) is 5.75 Å². The molecule has 3 nitrogen and oxygen atoms in total. The van der Waals surface area contributed by atoms with Crippen LogP contribution in [0, 0.1) is 13.8 Å². The second-order valence-electron chi connectivity index (χ2n) is 5.89. The van der Waals surface area contributed by atoms with Gasteiger partial charge in [0.1, 0.15) is 5.75 Å². The molecule has 1 fully saturated rings. The first-order valence-corrected chi connectivity index (χ1v) is 7.85. The van der Waals surface area contributed by atoms with E-state index < -0.39 is 0 Å². The van der Waals surface area contributed by atoms with Crippen LogP contribution in [0.25, 0.3) is 0 Å². The molecule has 1 aromatic rings. The van der Waals surface area contributed by atoms with Crippen molar-refractivity contribution < 1.29 is 4.74 Å². The Labute approximate surface area is 123 Å². The van der Waals surface area contributed by atoms with Gasteiger partial charge in [-0.05, 0) is 56.8 Å². The molecule has 112 valence electrons. The topological polar surface area (TPSA) is 38.5 Å². The van der Waals surface area contributed by atoms with Gasteiger partial charge in [0, 0.05) is 19.1 Å². The second kappa shape index (κ2) is 7.65. The molecule has 0 aliphatic carbocycles. The third kappa shape index (κ3) is 4.22. The molecule has 1 heterocycles. The third-order valence-corrected chi connectivity index (χ3v) is 4.21. The Bertz CT molecular complexity index is 419. The van der Waals surface area contributed by atoms with E-state index in [2.05, 4.69) is 36.9 Å². The molecule has 1 aliphatic rings. The molecule has 0 spiro atoms. The first-order chi connectivity index (χ1) is 9.70.